The lowest BCUT2D eigenvalue weighted by atomic mass is 10.0. The van der Waals surface area contributed by atoms with Gasteiger partial charge in [-0.15, -0.1) is 11.3 Å². The molecule has 6 rings (SSSR count). The highest BCUT2D eigenvalue weighted by Crippen LogP contribution is 2.36. The van der Waals surface area contributed by atoms with E-state index in [1.165, 1.54) is 69.7 Å². The number of nitrogens with one attached hydrogen (secondary N) is 2. The fraction of sp³-hybridized carbons (Fsp3) is 0.289. The summed E-state index contributed by atoms with van der Waals surface area (Å²) in [5.41, 5.74) is 6.87. The lowest BCUT2D eigenvalue weighted by Crippen LogP contribution is -2.43. The summed E-state index contributed by atoms with van der Waals surface area (Å²) in [6.07, 6.45) is 2.01. The second kappa shape index (κ2) is 16.3. The molecule has 2 N–H and O–H groups in total. The summed E-state index contributed by atoms with van der Waals surface area (Å²) < 4.78 is 27.5. The molecule has 0 spiro atoms. The zero-order valence-electron chi connectivity index (χ0n) is 27.7. The molecular formula is C38H41F2N5OS2. The molecule has 1 saturated heterocycles. The van der Waals surface area contributed by atoms with E-state index in [1.54, 1.807) is 19.1 Å². The summed E-state index contributed by atoms with van der Waals surface area (Å²) in [7, 11) is 2.21. The molecular weight excluding hydrogens is 645 g/mol. The Morgan fingerprint density at radius 2 is 1.62 bits per heavy atom. The van der Waals surface area contributed by atoms with Crippen LogP contribution in [0.2, 0.25) is 0 Å². The molecule has 48 heavy (non-hydrogen) atoms. The summed E-state index contributed by atoms with van der Waals surface area (Å²) in [6, 6.07) is 23.7. The third kappa shape index (κ3) is 9.73. The van der Waals surface area contributed by atoms with Gasteiger partial charge < -0.3 is 15.5 Å². The van der Waals surface area contributed by atoms with Gasteiger partial charge in [-0.05, 0) is 96.3 Å². The number of hydrogen-bond acceptors (Lipinski definition) is 6. The van der Waals surface area contributed by atoms with Gasteiger partial charge in [-0.3, -0.25) is 14.7 Å². The number of halogens is 2. The van der Waals surface area contributed by atoms with Crippen LogP contribution in [0, 0.1) is 18.6 Å². The lowest BCUT2D eigenvalue weighted by molar-refractivity contribution is -0.119. The summed E-state index contributed by atoms with van der Waals surface area (Å²) in [4.78, 5) is 22.6. The molecule has 3 heterocycles. The van der Waals surface area contributed by atoms with E-state index < -0.39 is 0 Å². The zero-order chi connectivity index (χ0) is 34.2. The van der Waals surface area contributed by atoms with E-state index in [-0.39, 0.29) is 29.1 Å². The van der Waals surface area contributed by atoms with E-state index in [9.17, 15) is 13.6 Å². The van der Waals surface area contributed by atoms with Crippen molar-refractivity contribution in [2.24, 2.45) is 0 Å². The molecule has 6 nitrogen and oxygen atoms in total. The molecule has 250 valence electrons. The number of thiocarbonyl (C=S) groups is 1. The predicted octanol–water partition coefficient (Wildman–Crippen LogP) is 8.16. The average Bonchev–Trinajstić information content (AvgIpc) is 3.50. The summed E-state index contributed by atoms with van der Waals surface area (Å²) in [5.74, 6) is -0.525. The first kappa shape index (κ1) is 35.2. The van der Waals surface area contributed by atoms with Crippen molar-refractivity contribution in [2.45, 2.75) is 39.7 Å². The molecule has 1 amide bonds. The number of amides is 1. The Hall–Kier alpha value is -4.09. The maximum absolute atomic E-state index is 13.4. The number of likely N-dealkylation sites (N-methyl/N-ethyl adjacent to an activating group) is 1. The van der Waals surface area contributed by atoms with Crippen LogP contribution in [0.3, 0.4) is 0 Å². The number of aryl methyl sites for hydroxylation is 1. The van der Waals surface area contributed by atoms with Crippen LogP contribution < -0.4 is 10.6 Å². The number of piperazine rings is 1. The van der Waals surface area contributed by atoms with Crippen LogP contribution in [0.4, 0.5) is 14.5 Å². The number of nitrogens with zero attached hydrogens (tertiary/aromatic N) is 3. The van der Waals surface area contributed by atoms with Crippen LogP contribution >= 0.6 is 23.6 Å². The third-order valence-corrected chi connectivity index (χ3v) is 9.69. The number of anilines is 1. The highest BCUT2D eigenvalue weighted by molar-refractivity contribution is 7.80. The van der Waals surface area contributed by atoms with Gasteiger partial charge in [0.1, 0.15) is 11.6 Å². The molecule has 0 atom stereocenters. The molecule has 0 saturated carbocycles. The highest BCUT2D eigenvalue weighted by Gasteiger charge is 2.15. The Balaban J connectivity index is 0.000000191. The molecule has 2 aromatic heterocycles. The van der Waals surface area contributed by atoms with Crippen molar-refractivity contribution in [3.63, 3.8) is 0 Å². The third-order valence-electron chi connectivity index (χ3n) is 8.27. The van der Waals surface area contributed by atoms with Crippen LogP contribution in [0.1, 0.15) is 42.0 Å². The minimum Gasteiger partial charge on any atom is -0.332 e. The van der Waals surface area contributed by atoms with Crippen LogP contribution in [0.5, 0.6) is 0 Å². The number of aromatic nitrogens is 1. The van der Waals surface area contributed by atoms with Crippen molar-refractivity contribution < 1.29 is 13.6 Å². The van der Waals surface area contributed by atoms with Crippen LogP contribution in [-0.2, 0) is 17.8 Å². The number of hydrogen-bond donors (Lipinski definition) is 2. The summed E-state index contributed by atoms with van der Waals surface area (Å²) in [5, 5.41) is 5.31. The summed E-state index contributed by atoms with van der Waals surface area (Å²) >= 11 is 6.87. The molecule has 0 radical (unpaired) electrons. The van der Waals surface area contributed by atoms with Crippen molar-refractivity contribution in [1.82, 2.24) is 20.1 Å². The highest BCUT2D eigenvalue weighted by atomic mass is 32.1. The molecule has 0 unspecified atom stereocenters. The normalized spacial score (nSPS) is 13.6. The van der Waals surface area contributed by atoms with E-state index in [0.717, 1.165) is 25.2 Å². The summed E-state index contributed by atoms with van der Waals surface area (Å²) in [6.45, 7) is 11.9. The molecule has 0 bridgehead atoms. The minimum absolute atomic E-state index is 0.0738. The standard InChI is InChI=1S/C22H27N3S.C16H14F2N2OS/c1-16(2)19-8-9-23-20-14-21(26-22(19)20)18-6-4-17(5-7-18)15-25-12-10-24(3)11-13-25;1-10-2-7-13(9-14(10)18)19-16(22)20-15(21)8-11-3-5-12(17)6-4-11/h4-9,14,16H,10-13,15H2,1-3H3;2-7,9H,8H2,1H3,(H2,19,20,21,22). The van der Waals surface area contributed by atoms with Gasteiger partial charge in [-0.2, -0.15) is 0 Å². The Morgan fingerprint density at radius 1 is 0.938 bits per heavy atom. The lowest BCUT2D eigenvalue weighted by Gasteiger charge is -2.32. The molecule has 1 aliphatic heterocycles. The number of pyridine rings is 1. The van der Waals surface area contributed by atoms with Crippen molar-refractivity contribution in [1.29, 1.82) is 0 Å². The van der Waals surface area contributed by atoms with Gasteiger partial charge >= 0.3 is 0 Å². The maximum Gasteiger partial charge on any atom is 0.230 e. The van der Waals surface area contributed by atoms with Gasteiger partial charge in [-0.1, -0.05) is 56.3 Å². The van der Waals surface area contributed by atoms with E-state index in [0.29, 0.717) is 22.7 Å². The van der Waals surface area contributed by atoms with E-state index >= 15 is 0 Å². The topological polar surface area (TPSA) is 60.5 Å². The number of fused-ring (bicyclic) bond motifs is 1. The van der Waals surface area contributed by atoms with Crippen LogP contribution in [0.15, 0.2) is 85.1 Å². The number of carbonyl (C=O) groups excluding carboxylic acids is 1. The monoisotopic (exact) mass is 685 g/mol. The molecule has 1 aliphatic rings. The predicted molar refractivity (Wildman–Crippen MR) is 198 cm³/mol. The Bertz CT molecular complexity index is 1850. The smallest absolute Gasteiger partial charge is 0.230 e. The SMILES string of the molecule is CC(C)c1ccnc2cc(-c3ccc(CN4CCN(C)CC4)cc3)sc12.Cc1ccc(NC(=S)NC(=O)Cc2ccc(F)cc2)cc1F. The average molecular weight is 686 g/mol. The minimum atomic E-state index is -0.359. The zero-order valence-corrected chi connectivity index (χ0v) is 29.4. The number of carbonyl (C=O) groups is 1. The quantitative estimate of drug-likeness (QED) is 0.169. The molecule has 1 fully saturated rings. The first-order chi connectivity index (χ1) is 23.0. The van der Waals surface area contributed by atoms with Crippen LogP contribution in [-0.4, -0.2) is 59.0 Å². The van der Waals surface area contributed by atoms with Crippen molar-refractivity contribution in [3.8, 4) is 10.4 Å². The number of thiophene rings is 1. The second-order valence-electron chi connectivity index (χ2n) is 12.4. The van der Waals surface area contributed by atoms with Crippen molar-refractivity contribution in [2.75, 3.05) is 38.5 Å². The Morgan fingerprint density at radius 3 is 2.29 bits per heavy atom. The van der Waals surface area contributed by atoms with Crippen molar-refractivity contribution in [3.05, 3.63) is 119 Å². The van der Waals surface area contributed by atoms with E-state index in [4.69, 9.17) is 12.2 Å². The first-order valence-corrected chi connectivity index (χ1v) is 17.3. The molecule has 0 aliphatic carbocycles. The molecule has 10 heteroatoms. The van der Waals surface area contributed by atoms with Crippen LogP contribution in [0.25, 0.3) is 20.7 Å². The fourth-order valence-corrected chi connectivity index (χ4v) is 6.90. The fourth-order valence-electron chi connectivity index (χ4n) is 5.38. The van der Waals surface area contributed by atoms with E-state index in [1.807, 2.05) is 17.5 Å². The maximum atomic E-state index is 13.4. The van der Waals surface area contributed by atoms with Gasteiger partial charge in [0.05, 0.1) is 16.6 Å². The van der Waals surface area contributed by atoms with Gasteiger partial charge in [0.15, 0.2) is 5.11 Å². The van der Waals surface area contributed by atoms with Gasteiger partial charge in [0, 0.05) is 49.5 Å². The largest absolute Gasteiger partial charge is 0.332 e. The van der Waals surface area contributed by atoms with Crippen molar-refractivity contribution >= 4 is 50.5 Å². The van der Waals surface area contributed by atoms with E-state index in [2.05, 4.69) is 82.7 Å². The molecule has 3 aromatic carbocycles. The Kier molecular flexibility index (Phi) is 12.0. The van der Waals surface area contributed by atoms with Gasteiger partial charge in [0.2, 0.25) is 5.91 Å². The van der Waals surface area contributed by atoms with Gasteiger partial charge in [0.25, 0.3) is 0 Å². The first-order valence-electron chi connectivity index (χ1n) is 16.0. The number of benzene rings is 3. The number of rotatable bonds is 7. The second-order valence-corrected chi connectivity index (χ2v) is 13.9. The molecule has 5 aromatic rings. The van der Waals surface area contributed by atoms with Gasteiger partial charge in [-0.25, -0.2) is 8.78 Å². The Labute approximate surface area is 290 Å².